The molecule has 2 aromatic carbocycles. The first kappa shape index (κ1) is 22.0. The number of imide groups is 1. The Hall–Kier alpha value is -4.22. The highest BCUT2D eigenvalue weighted by molar-refractivity contribution is 6.25. The molecule has 0 bridgehead atoms. The Morgan fingerprint density at radius 3 is 2.58 bits per heavy atom. The summed E-state index contributed by atoms with van der Waals surface area (Å²) in [5.41, 5.74) is 0.192. The Labute approximate surface area is 185 Å². The molecule has 2 aliphatic heterocycles. The zero-order valence-corrected chi connectivity index (χ0v) is 17.2. The number of halogens is 2. The predicted octanol–water partition coefficient (Wildman–Crippen LogP) is 2.07. The Morgan fingerprint density at radius 1 is 1.09 bits per heavy atom. The fourth-order valence-corrected chi connectivity index (χ4v) is 3.55. The smallest absolute Gasteiger partial charge is 0.340 e. The van der Waals surface area contributed by atoms with Gasteiger partial charge in [-0.15, -0.1) is 0 Å². The Bertz CT molecular complexity index is 1190. The highest BCUT2D eigenvalue weighted by atomic mass is 19.2. The topological polar surface area (TPSA) is 121 Å². The molecule has 3 amide bonds. The molecule has 2 atom stereocenters. The minimum absolute atomic E-state index is 0.144. The van der Waals surface area contributed by atoms with E-state index in [0.717, 1.165) is 23.2 Å². The number of fused-ring (bicyclic) bond motifs is 1. The summed E-state index contributed by atoms with van der Waals surface area (Å²) in [6.07, 6.45) is 0. The lowest BCUT2D eigenvalue weighted by Gasteiger charge is -2.20. The highest BCUT2D eigenvalue weighted by Crippen LogP contribution is 2.32. The second kappa shape index (κ2) is 8.73. The molecule has 0 aromatic heterocycles. The molecule has 10 nitrogen and oxygen atoms in total. The van der Waals surface area contributed by atoms with Gasteiger partial charge in [0.15, 0.2) is 23.7 Å². The van der Waals surface area contributed by atoms with Crippen molar-refractivity contribution in [2.75, 3.05) is 23.4 Å². The highest BCUT2D eigenvalue weighted by Gasteiger charge is 2.55. The molecule has 0 saturated carbocycles. The van der Waals surface area contributed by atoms with Crippen LogP contribution in [-0.4, -0.2) is 53.9 Å². The third kappa shape index (κ3) is 4.02. The van der Waals surface area contributed by atoms with Gasteiger partial charge in [-0.05, 0) is 31.2 Å². The van der Waals surface area contributed by atoms with E-state index in [1.807, 2.05) is 0 Å². The van der Waals surface area contributed by atoms with Crippen molar-refractivity contribution in [2.45, 2.75) is 19.0 Å². The number of nitrogens with one attached hydrogen (secondary N) is 1. The maximum Gasteiger partial charge on any atom is 0.340 e. The van der Waals surface area contributed by atoms with E-state index in [2.05, 4.69) is 15.7 Å². The van der Waals surface area contributed by atoms with Gasteiger partial charge in [0.2, 0.25) is 5.91 Å². The molecule has 4 rings (SSSR count). The van der Waals surface area contributed by atoms with E-state index in [1.54, 1.807) is 19.1 Å². The lowest BCUT2D eigenvalue weighted by molar-refractivity contribution is -0.123. The minimum Gasteiger partial charge on any atom is -0.462 e. The number of hydrogen-bond acceptors (Lipinski definition) is 8. The molecule has 2 aromatic rings. The maximum atomic E-state index is 13.6. The number of amides is 3. The fourth-order valence-electron chi connectivity index (χ4n) is 3.55. The first-order chi connectivity index (χ1) is 15.8. The number of para-hydroxylation sites is 1. The molecule has 170 valence electrons. The SMILES string of the molecule is CCOC(=O)c1ccccc1NC(=O)CN1N=N[C@@H]2C(=O)N(c3ccc(F)c(F)c3)C(=O)[C@@H]21. The molecule has 2 aliphatic rings. The minimum atomic E-state index is -1.22. The van der Waals surface area contributed by atoms with E-state index < -0.39 is 54.0 Å². The van der Waals surface area contributed by atoms with Crippen LogP contribution in [0.3, 0.4) is 0 Å². The second-order valence-electron chi connectivity index (χ2n) is 7.12. The molecule has 12 heteroatoms. The summed E-state index contributed by atoms with van der Waals surface area (Å²) >= 11 is 0. The van der Waals surface area contributed by atoms with Gasteiger partial charge in [-0.3, -0.25) is 19.4 Å². The molecule has 0 unspecified atom stereocenters. The zero-order valence-electron chi connectivity index (χ0n) is 17.2. The lowest BCUT2D eigenvalue weighted by Crippen LogP contribution is -2.43. The van der Waals surface area contributed by atoms with Gasteiger partial charge in [-0.25, -0.2) is 18.5 Å². The van der Waals surface area contributed by atoms with Crippen LogP contribution in [0.4, 0.5) is 20.2 Å². The maximum absolute atomic E-state index is 13.6. The summed E-state index contributed by atoms with van der Waals surface area (Å²) < 4.78 is 31.8. The quantitative estimate of drug-likeness (QED) is 0.524. The Kier molecular flexibility index (Phi) is 5.82. The van der Waals surface area contributed by atoms with Crippen LogP contribution in [0.15, 0.2) is 52.8 Å². The second-order valence-corrected chi connectivity index (χ2v) is 7.12. The van der Waals surface area contributed by atoms with Crippen LogP contribution in [0.2, 0.25) is 0 Å². The number of carbonyl (C=O) groups excluding carboxylic acids is 4. The van der Waals surface area contributed by atoms with Gasteiger partial charge in [0.1, 0.15) is 6.54 Å². The van der Waals surface area contributed by atoms with E-state index in [-0.39, 0.29) is 23.5 Å². The summed E-state index contributed by atoms with van der Waals surface area (Å²) in [6.45, 7) is 1.35. The van der Waals surface area contributed by atoms with Gasteiger partial charge >= 0.3 is 5.97 Å². The van der Waals surface area contributed by atoms with Crippen LogP contribution in [0.25, 0.3) is 0 Å². The average molecular weight is 457 g/mol. The van der Waals surface area contributed by atoms with Gasteiger partial charge in [0.05, 0.1) is 23.5 Å². The number of hydrogen-bond donors (Lipinski definition) is 1. The molecule has 33 heavy (non-hydrogen) atoms. The standard InChI is InChI=1S/C21H17F2N5O5/c1-2-33-21(32)12-5-3-4-6-15(12)24-16(29)10-27-18-17(25-26-27)19(30)28(20(18)31)11-7-8-13(22)14(23)9-11/h3-9,17-18H,2,10H2,1H3,(H,24,29)/t17-,18+/m0/s1. The Balaban J connectivity index is 1.49. The van der Waals surface area contributed by atoms with Crippen LogP contribution in [0.1, 0.15) is 17.3 Å². The summed E-state index contributed by atoms with van der Waals surface area (Å²) in [7, 11) is 0. The number of carbonyl (C=O) groups is 4. The van der Waals surface area contributed by atoms with Crippen LogP contribution >= 0.6 is 0 Å². The number of rotatable bonds is 6. The van der Waals surface area contributed by atoms with Crippen molar-refractivity contribution in [1.29, 1.82) is 0 Å². The van der Waals surface area contributed by atoms with E-state index in [4.69, 9.17) is 4.74 Å². The normalized spacial score (nSPS) is 19.1. The molecule has 1 saturated heterocycles. The molecule has 2 heterocycles. The van der Waals surface area contributed by atoms with Crippen molar-refractivity contribution < 1.29 is 32.7 Å². The monoisotopic (exact) mass is 457 g/mol. The summed E-state index contributed by atoms with van der Waals surface area (Å²) in [5, 5.41) is 11.1. The van der Waals surface area contributed by atoms with Gasteiger partial charge in [-0.2, -0.15) is 5.11 Å². The molecular formula is C21H17F2N5O5. The zero-order chi connectivity index (χ0) is 23.7. The van der Waals surface area contributed by atoms with Crippen molar-refractivity contribution >= 4 is 35.1 Å². The van der Waals surface area contributed by atoms with Crippen LogP contribution in [0.5, 0.6) is 0 Å². The van der Waals surface area contributed by atoms with Crippen LogP contribution in [-0.2, 0) is 19.1 Å². The van der Waals surface area contributed by atoms with Gasteiger partial charge in [0, 0.05) is 6.07 Å². The third-order valence-electron chi connectivity index (χ3n) is 5.02. The van der Waals surface area contributed by atoms with Gasteiger partial charge in [0.25, 0.3) is 11.8 Å². The fraction of sp³-hybridized carbons (Fsp3) is 0.238. The van der Waals surface area contributed by atoms with Crippen molar-refractivity contribution in [3.05, 3.63) is 59.7 Å². The van der Waals surface area contributed by atoms with Crippen molar-refractivity contribution in [3.8, 4) is 0 Å². The predicted molar refractivity (Wildman–Crippen MR) is 109 cm³/mol. The third-order valence-corrected chi connectivity index (χ3v) is 5.02. The van der Waals surface area contributed by atoms with E-state index >= 15 is 0 Å². The van der Waals surface area contributed by atoms with Crippen LogP contribution in [0, 0.1) is 11.6 Å². The van der Waals surface area contributed by atoms with Crippen molar-refractivity contribution in [2.24, 2.45) is 10.3 Å². The van der Waals surface area contributed by atoms with Crippen LogP contribution < -0.4 is 10.2 Å². The molecular weight excluding hydrogens is 440 g/mol. The number of nitrogens with zero attached hydrogens (tertiary/aromatic N) is 4. The summed E-state index contributed by atoms with van der Waals surface area (Å²) in [5.74, 6) is -5.13. The van der Waals surface area contributed by atoms with E-state index in [9.17, 15) is 28.0 Å². The van der Waals surface area contributed by atoms with E-state index in [0.29, 0.717) is 4.90 Å². The molecule has 0 radical (unpaired) electrons. The Morgan fingerprint density at radius 2 is 1.85 bits per heavy atom. The number of ether oxygens (including phenoxy) is 1. The van der Waals surface area contributed by atoms with E-state index in [1.165, 1.54) is 12.1 Å². The van der Waals surface area contributed by atoms with Gasteiger partial charge < -0.3 is 10.1 Å². The average Bonchev–Trinajstić information content (AvgIpc) is 3.30. The lowest BCUT2D eigenvalue weighted by atomic mass is 10.1. The first-order valence-electron chi connectivity index (χ1n) is 9.88. The molecule has 1 N–H and O–H groups in total. The summed E-state index contributed by atoms with van der Waals surface area (Å²) in [6, 6.07) is 6.41. The number of anilines is 2. The molecule has 1 fully saturated rings. The molecule has 0 spiro atoms. The summed E-state index contributed by atoms with van der Waals surface area (Å²) in [4.78, 5) is 50.9. The van der Waals surface area contributed by atoms with Gasteiger partial charge in [-0.1, -0.05) is 17.4 Å². The largest absolute Gasteiger partial charge is 0.462 e. The number of benzene rings is 2. The number of esters is 1. The first-order valence-corrected chi connectivity index (χ1v) is 9.88. The molecule has 0 aliphatic carbocycles. The van der Waals surface area contributed by atoms with Crippen molar-refractivity contribution in [3.63, 3.8) is 0 Å². The van der Waals surface area contributed by atoms with Crippen molar-refractivity contribution in [1.82, 2.24) is 5.01 Å².